The second-order valence-electron chi connectivity index (χ2n) is 7.33. The van der Waals surface area contributed by atoms with Gasteiger partial charge in [-0.3, -0.25) is 0 Å². The maximum Gasteiger partial charge on any atom is 0.110 e. The fraction of sp³-hybridized carbons (Fsp3) is 0.143. The van der Waals surface area contributed by atoms with Crippen molar-refractivity contribution >= 4 is 46.3 Å². The molecule has 4 heteroatoms. The van der Waals surface area contributed by atoms with E-state index in [-0.39, 0.29) is 10.7 Å². The predicted octanol–water partition coefficient (Wildman–Crippen LogP) is 8.04. The third kappa shape index (κ3) is 4.98. The fourth-order valence-electron chi connectivity index (χ4n) is 3.94. The molecule has 4 rings (SSSR count). The molecule has 0 aromatic heterocycles. The molecule has 2 unspecified atom stereocenters. The molecule has 0 heterocycles. The van der Waals surface area contributed by atoms with Gasteiger partial charge in [0.25, 0.3) is 0 Å². The molecule has 4 aromatic carbocycles. The van der Waals surface area contributed by atoms with Gasteiger partial charge in [0.15, 0.2) is 0 Å². The van der Waals surface area contributed by atoms with Crippen molar-refractivity contribution < 1.29 is 0 Å². The topological polar surface area (TPSA) is 6.48 Å². The highest BCUT2D eigenvalue weighted by Crippen LogP contribution is 2.41. The van der Waals surface area contributed by atoms with Crippen molar-refractivity contribution in [2.24, 2.45) is 0 Å². The standard InChI is InChI=1S/C28H28N2S2/c1-31-27(29(23-15-7-3-8-16-23)24-17-9-4-10-18-24)28(32-2)30(25-19-11-5-12-20-25)26-21-13-6-14-22-26/h3-22,27-28H,1-2H3. The molecule has 0 aliphatic rings. The molecule has 0 radical (unpaired) electrons. The Morgan fingerprint density at radius 3 is 0.812 bits per heavy atom. The molecule has 0 bridgehead atoms. The number of benzene rings is 4. The molecule has 32 heavy (non-hydrogen) atoms. The van der Waals surface area contributed by atoms with Crippen molar-refractivity contribution in [2.75, 3.05) is 22.3 Å². The molecule has 0 saturated carbocycles. The highest BCUT2D eigenvalue weighted by Gasteiger charge is 2.33. The van der Waals surface area contributed by atoms with Gasteiger partial charge in [-0.25, -0.2) is 0 Å². The van der Waals surface area contributed by atoms with Crippen LogP contribution in [0.2, 0.25) is 0 Å². The van der Waals surface area contributed by atoms with Gasteiger partial charge in [0, 0.05) is 22.7 Å². The molecule has 2 atom stereocenters. The van der Waals surface area contributed by atoms with E-state index in [1.165, 1.54) is 22.7 Å². The summed E-state index contributed by atoms with van der Waals surface area (Å²) in [6.07, 6.45) is 4.42. The van der Waals surface area contributed by atoms with E-state index in [2.05, 4.69) is 144 Å². The third-order valence-corrected chi connectivity index (χ3v) is 7.45. The van der Waals surface area contributed by atoms with Crippen LogP contribution < -0.4 is 9.80 Å². The zero-order valence-corrected chi connectivity index (χ0v) is 20.0. The first-order valence-electron chi connectivity index (χ1n) is 10.7. The number of thioether (sulfide) groups is 2. The molecule has 4 aromatic rings. The fourth-order valence-corrected chi connectivity index (χ4v) is 6.22. The summed E-state index contributed by atoms with van der Waals surface area (Å²) >= 11 is 3.76. The average molecular weight is 457 g/mol. The van der Waals surface area contributed by atoms with E-state index < -0.39 is 0 Å². The number of nitrogens with zero attached hydrogens (tertiary/aromatic N) is 2. The van der Waals surface area contributed by atoms with Gasteiger partial charge >= 0.3 is 0 Å². The molecule has 0 spiro atoms. The Morgan fingerprint density at radius 2 is 0.625 bits per heavy atom. The van der Waals surface area contributed by atoms with Crippen LogP contribution in [0.3, 0.4) is 0 Å². The first kappa shape index (κ1) is 22.4. The van der Waals surface area contributed by atoms with Crippen LogP contribution in [-0.2, 0) is 0 Å². The molecule has 0 amide bonds. The van der Waals surface area contributed by atoms with E-state index in [1.54, 1.807) is 0 Å². The van der Waals surface area contributed by atoms with E-state index >= 15 is 0 Å². The highest BCUT2D eigenvalue weighted by atomic mass is 32.2. The molecule has 0 saturated heterocycles. The largest absolute Gasteiger partial charge is 0.326 e. The minimum absolute atomic E-state index is 0.162. The summed E-state index contributed by atoms with van der Waals surface area (Å²) in [5.74, 6) is 0. The van der Waals surface area contributed by atoms with Crippen molar-refractivity contribution in [3.8, 4) is 0 Å². The van der Waals surface area contributed by atoms with Gasteiger partial charge in [-0.2, -0.15) is 0 Å². The molecule has 162 valence electrons. The Labute approximate surface area is 200 Å². The number of para-hydroxylation sites is 4. The normalized spacial score (nSPS) is 12.7. The highest BCUT2D eigenvalue weighted by molar-refractivity contribution is 8.03. The molecule has 0 aliphatic carbocycles. The molecule has 0 fully saturated rings. The quantitative estimate of drug-likeness (QED) is 0.235. The predicted molar refractivity (Wildman–Crippen MR) is 145 cm³/mol. The Bertz CT molecular complexity index is 892. The lowest BCUT2D eigenvalue weighted by atomic mass is 10.2. The monoisotopic (exact) mass is 456 g/mol. The van der Waals surface area contributed by atoms with Crippen molar-refractivity contribution in [2.45, 2.75) is 10.7 Å². The number of anilines is 4. The van der Waals surface area contributed by atoms with Crippen molar-refractivity contribution in [1.82, 2.24) is 0 Å². The Balaban J connectivity index is 1.84. The number of hydrogen-bond donors (Lipinski definition) is 0. The summed E-state index contributed by atoms with van der Waals surface area (Å²) in [5.41, 5.74) is 4.77. The summed E-state index contributed by atoms with van der Waals surface area (Å²) in [4.78, 5) is 4.93. The smallest absolute Gasteiger partial charge is 0.110 e. The van der Waals surface area contributed by atoms with Crippen LogP contribution in [0.4, 0.5) is 22.7 Å². The minimum atomic E-state index is 0.162. The Hall–Kier alpha value is -2.82. The summed E-state index contributed by atoms with van der Waals surface area (Å²) in [6.45, 7) is 0. The van der Waals surface area contributed by atoms with Gasteiger partial charge in [0.1, 0.15) is 10.7 Å². The van der Waals surface area contributed by atoms with Gasteiger partial charge in [0.05, 0.1) is 0 Å². The second-order valence-corrected chi connectivity index (χ2v) is 9.24. The van der Waals surface area contributed by atoms with Crippen LogP contribution in [0, 0.1) is 0 Å². The number of hydrogen-bond acceptors (Lipinski definition) is 4. The lowest BCUT2D eigenvalue weighted by molar-refractivity contribution is 0.793. The average Bonchev–Trinajstić information content (AvgIpc) is 2.88. The molecular weight excluding hydrogens is 428 g/mol. The van der Waals surface area contributed by atoms with Crippen LogP contribution >= 0.6 is 23.5 Å². The maximum absolute atomic E-state index is 2.46. The first-order chi connectivity index (χ1) is 15.8. The number of rotatable bonds is 9. The zero-order valence-electron chi connectivity index (χ0n) is 18.4. The van der Waals surface area contributed by atoms with Gasteiger partial charge < -0.3 is 9.80 Å². The van der Waals surface area contributed by atoms with Crippen LogP contribution in [0.25, 0.3) is 0 Å². The van der Waals surface area contributed by atoms with Gasteiger partial charge in [0.2, 0.25) is 0 Å². The molecule has 2 nitrogen and oxygen atoms in total. The molecule has 0 aliphatic heterocycles. The summed E-state index contributed by atoms with van der Waals surface area (Å²) in [5, 5.41) is 0.324. The lowest BCUT2D eigenvalue weighted by Gasteiger charge is -2.43. The minimum Gasteiger partial charge on any atom is -0.326 e. The Morgan fingerprint density at radius 1 is 0.406 bits per heavy atom. The van der Waals surface area contributed by atoms with Gasteiger partial charge in [-0.1, -0.05) is 72.8 Å². The van der Waals surface area contributed by atoms with Crippen LogP contribution in [0.1, 0.15) is 0 Å². The van der Waals surface area contributed by atoms with E-state index in [0.29, 0.717) is 0 Å². The molecule has 0 N–H and O–H groups in total. The molecular formula is C28H28N2S2. The van der Waals surface area contributed by atoms with E-state index in [9.17, 15) is 0 Å². The van der Waals surface area contributed by atoms with Gasteiger partial charge in [-0.15, -0.1) is 23.5 Å². The second kappa shape index (κ2) is 11.2. The maximum atomic E-state index is 2.46. The van der Waals surface area contributed by atoms with Crippen molar-refractivity contribution in [3.05, 3.63) is 121 Å². The summed E-state index contributed by atoms with van der Waals surface area (Å²) < 4.78 is 0. The van der Waals surface area contributed by atoms with Gasteiger partial charge in [-0.05, 0) is 61.0 Å². The third-order valence-electron chi connectivity index (χ3n) is 5.37. The summed E-state index contributed by atoms with van der Waals surface area (Å²) in [7, 11) is 0. The van der Waals surface area contributed by atoms with E-state index in [0.717, 1.165) is 0 Å². The van der Waals surface area contributed by atoms with Crippen LogP contribution in [-0.4, -0.2) is 23.3 Å². The van der Waals surface area contributed by atoms with E-state index in [4.69, 9.17) is 0 Å². The van der Waals surface area contributed by atoms with Crippen LogP contribution in [0.5, 0.6) is 0 Å². The van der Waals surface area contributed by atoms with Crippen molar-refractivity contribution in [1.29, 1.82) is 0 Å². The van der Waals surface area contributed by atoms with E-state index in [1.807, 2.05) is 23.5 Å². The zero-order chi connectivity index (χ0) is 22.2. The summed E-state index contributed by atoms with van der Waals surface area (Å²) in [6, 6.07) is 42.8. The Kier molecular flexibility index (Phi) is 7.81. The van der Waals surface area contributed by atoms with Crippen molar-refractivity contribution in [3.63, 3.8) is 0 Å². The first-order valence-corrected chi connectivity index (χ1v) is 13.3. The lowest BCUT2D eigenvalue weighted by Crippen LogP contribution is -2.45. The SMILES string of the molecule is CSC(C(SC)N(c1ccccc1)c1ccccc1)N(c1ccccc1)c1ccccc1. The van der Waals surface area contributed by atoms with Crippen LogP contribution in [0.15, 0.2) is 121 Å².